The van der Waals surface area contributed by atoms with Crippen molar-refractivity contribution in [1.82, 2.24) is 9.97 Å². The molecule has 0 radical (unpaired) electrons. The summed E-state index contributed by atoms with van der Waals surface area (Å²) < 4.78 is 0. The lowest BCUT2D eigenvalue weighted by atomic mass is 9.99. The van der Waals surface area contributed by atoms with Gasteiger partial charge in [-0.05, 0) is 59.5 Å². The molecule has 3 aromatic carbocycles. The number of nitrogens with one attached hydrogen (secondary N) is 2. The molecule has 5 aromatic rings. The van der Waals surface area contributed by atoms with Gasteiger partial charge in [-0.1, -0.05) is 55.8 Å². The van der Waals surface area contributed by atoms with E-state index >= 15 is 0 Å². The van der Waals surface area contributed by atoms with Crippen LogP contribution in [0.25, 0.3) is 22.0 Å². The molecular weight excluding hydrogens is 444 g/mol. The van der Waals surface area contributed by atoms with Gasteiger partial charge in [0.05, 0.1) is 18.3 Å². The van der Waals surface area contributed by atoms with Crippen LogP contribution in [0, 0.1) is 0 Å². The predicted molar refractivity (Wildman–Crippen MR) is 149 cm³/mol. The van der Waals surface area contributed by atoms with E-state index in [4.69, 9.17) is 0 Å². The number of benzene rings is 3. The third-order valence-corrected chi connectivity index (χ3v) is 6.50. The summed E-state index contributed by atoms with van der Waals surface area (Å²) in [5.74, 6) is -0.0441. The Kier molecular flexibility index (Phi) is 6.80. The van der Waals surface area contributed by atoms with Gasteiger partial charge in [0.15, 0.2) is 0 Å². The summed E-state index contributed by atoms with van der Waals surface area (Å²) in [6.07, 6.45) is 8.03. The lowest BCUT2D eigenvalue weighted by Crippen LogP contribution is -2.15. The Morgan fingerprint density at radius 3 is 2.61 bits per heavy atom. The van der Waals surface area contributed by atoms with E-state index in [1.54, 1.807) is 6.20 Å². The molecular formula is C31H30N4O. The monoisotopic (exact) mass is 474 g/mol. The van der Waals surface area contributed by atoms with Crippen LogP contribution in [0.2, 0.25) is 0 Å². The van der Waals surface area contributed by atoms with Gasteiger partial charge in [0, 0.05) is 47.3 Å². The molecule has 0 saturated heterocycles. The van der Waals surface area contributed by atoms with Crippen molar-refractivity contribution >= 4 is 33.9 Å². The van der Waals surface area contributed by atoms with Gasteiger partial charge in [0.25, 0.3) is 0 Å². The predicted octanol–water partition coefficient (Wildman–Crippen LogP) is 7.13. The third-order valence-electron chi connectivity index (χ3n) is 6.50. The molecule has 0 atom stereocenters. The maximum Gasteiger partial charge on any atom is 0.228 e. The first-order valence-electron chi connectivity index (χ1n) is 12.3. The van der Waals surface area contributed by atoms with E-state index in [0.717, 1.165) is 57.5 Å². The highest BCUT2D eigenvalue weighted by Crippen LogP contribution is 2.36. The van der Waals surface area contributed by atoms with Crippen LogP contribution in [0.1, 0.15) is 24.5 Å². The minimum atomic E-state index is -0.0441. The first-order chi connectivity index (χ1) is 17.6. The highest BCUT2D eigenvalue weighted by molar-refractivity contribution is 5.97. The SMILES string of the molecule is CCCc1ccc(-c2cc(NC(=O)Cc3c[nH]c4ccccc34)ccc2N(C)c2cccnc2)cc1. The fourth-order valence-corrected chi connectivity index (χ4v) is 4.62. The first-order valence-corrected chi connectivity index (χ1v) is 12.3. The Labute approximate surface area is 211 Å². The van der Waals surface area contributed by atoms with E-state index in [-0.39, 0.29) is 5.91 Å². The van der Waals surface area contributed by atoms with Crippen LogP contribution in [-0.2, 0) is 17.6 Å². The molecule has 5 heteroatoms. The topological polar surface area (TPSA) is 61.0 Å². The largest absolute Gasteiger partial charge is 0.361 e. The number of hydrogen-bond donors (Lipinski definition) is 2. The zero-order valence-electron chi connectivity index (χ0n) is 20.7. The van der Waals surface area contributed by atoms with Crippen molar-refractivity contribution in [2.45, 2.75) is 26.2 Å². The van der Waals surface area contributed by atoms with Crippen LogP contribution in [0.5, 0.6) is 0 Å². The van der Waals surface area contributed by atoms with Crippen molar-refractivity contribution in [3.8, 4) is 11.1 Å². The molecule has 0 aliphatic carbocycles. The van der Waals surface area contributed by atoms with Crippen LogP contribution < -0.4 is 10.2 Å². The normalized spacial score (nSPS) is 10.9. The molecule has 0 aliphatic heterocycles. The molecule has 5 nitrogen and oxygen atoms in total. The third kappa shape index (κ3) is 5.01. The average Bonchev–Trinajstić information content (AvgIpc) is 3.32. The minimum absolute atomic E-state index is 0.0441. The summed E-state index contributed by atoms with van der Waals surface area (Å²) in [4.78, 5) is 22.6. The number of carbonyl (C=O) groups is 1. The zero-order valence-corrected chi connectivity index (χ0v) is 20.7. The summed E-state index contributed by atoms with van der Waals surface area (Å²) in [7, 11) is 2.04. The van der Waals surface area contributed by atoms with E-state index in [1.165, 1.54) is 5.56 Å². The van der Waals surface area contributed by atoms with Gasteiger partial charge in [-0.3, -0.25) is 9.78 Å². The van der Waals surface area contributed by atoms with Crippen molar-refractivity contribution in [1.29, 1.82) is 0 Å². The standard InChI is InChI=1S/C31H30N4O/c1-3-7-22-11-13-23(14-12-22)28-19-25(15-16-30(28)35(2)26-8-6-17-32-21-26)34-31(36)18-24-20-33-29-10-5-4-9-27(24)29/h4-6,8-17,19-21,33H,3,7,18H2,1-2H3,(H,34,36). The molecule has 5 rings (SSSR count). The summed E-state index contributed by atoms with van der Waals surface area (Å²) in [6.45, 7) is 2.19. The Bertz CT molecular complexity index is 1470. The molecule has 0 unspecified atom stereocenters. The molecule has 0 fully saturated rings. The maximum atomic E-state index is 13.0. The number of H-pyrrole nitrogens is 1. The molecule has 180 valence electrons. The number of aromatic amines is 1. The maximum absolute atomic E-state index is 13.0. The van der Waals surface area contributed by atoms with Crippen LogP contribution in [0.3, 0.4) is 0 Å². The zero-order chi connectivity index (χ0) is 24.9. The number of anilines is 3. The second-order valence-electron chi connectivity index (χ2n) is 9.03. The number of fused-ring (bicyclic) bond motifs is 1. The number of para-hydroxylation sites is 1. The van der Waals surface area contributed by atoms with Crippen molar-refractivity contribution in [3.63, 3.8) is 0 Å². The second kappa shape index (κ2) is 10.5. The first kappa shape index (κ1) is 23.4. The lowest BCUT2D eigenvalue weighted by Gasteiger charge is -2.23. The average molecular weight is 475 g/mol. The molecule has 0 spiro atoms. The number of nitrogens with zero attached hydrogens (tertiary/aromatic N) is 2. The van der Waals surface area contributed by atoms with Crippen LogP contribution >= 0.6 is 0 Å². The Balaban J connectivity index is 1.45. The number of aryl methyl sites for hydroxylation is 1. The Morgan fingerprint density at radius 1 is 1.00 bits per heavy atom. The van der Waals surface area contributed by atoms with Gasteiger partial charge in [0.1, 0.15) is 0 Å². The fourth-order valence-electron chi connectivity index (χ4n) is 4.62. The highest BCUT2D eigenvalue weighted by atomic mass is 16.1. The van der Waals surface area contributed by atoms with Gasteiger partial charge in [-0.15, -0.1) is 0 Å². The van der Waals surface area contributed by atoms with Gasteiger partial charge in [0.2, 0.25) is 5.91 Å². The van der Waals surface area contributed by atoms with Crippen LogP contribution in [0.15, 0.2) is 97.5 Å². The van der Waals surface area contributed by atoms with Gasteiger partial charge in [-0.25, -0.2) is 0 Å². The number of carbonyl (C=O) groups excluding carboxylic acids is 1. The molecule has 2 N–H and O–H groups in total. The molecule has 36 heavy (non-hydrogen) atoms. The second-order valence-corrected chi connectivity index (χ2v) is 9.03. The number of hydrogen-bond acceptors (Lipinski definition) is 3. The molecule has 2 aromatic heterocycles. The van der Waals surface area contributed by atoms with E-state index in [1.807, 2.05) is 61.9 Å². The van der Waals surface area contributed by atoms with E-state index < -0.39 is 0 Å². The molecule has 1 amide bonds. The van der Waals surface area contributed by atoms with Crippen molar-refractivity contribution in [2.24, 2.45) is 0 Å². The smallest absolute Gasteiger partial charge is 0.228 e. The van der Waals surface area contributed by atoms with E-state index in [2.05, 4.69) is 63.5 Å². The summed E-state index contributed by atoms with van der Waals surface area (Å²) >= 11 is 0. The number of aromatic nitrogens is 2. The van der Waals surface area contributed by atoms with Crippen molar-refractivity contribution < 1.29 is 4.79 Å². The number of amides is 1. The number of rotatable bonds is 8. The van der Waals surface area contributed by atoms with Crippen LogP contribution in [-0.4, -0.2) is 22.9 Å². The molecule has 0 saturated carbocycles. The highest BCUT2D eigenvalue weighted by Gasteiger charge is 2.15. The summed E-state index contributed by atoms with van der Waals surface area (Å²) in [5.41, 5.74) is 8.32. The molecule has 0 bridgehead atoms. The van der Waals surface area contributed by atoms with Gasteiger partial charge >= 0.3 is 0 Å². The van der Waals surface area contributed by atoms with E-state index in [0.29, 0.717) is 6.42 Å². The van der Waals surface area contributed by atoms with Gasteiger partial charge in [-0.2, -0.15) is 0 Å². The van der Waals surface area contributed by atoms with Crippen LogP contribution in [0.4, 0.5) is 17.1 Å². The number of pyridine rings is 1. The van der Waals surface area contributed by atoms with E-state index in [9.17, 15) is 4.79 Å². The van der Waals surface area contributed by atoms with Gasteiger partial charge < -0.3 is 15.2 Å². The Morgan fingerprint density at radius 2 is 1.83 bits per heavy atom. The fraction of sp³-hybridized carbons (Fsp3) is 0.161. The van der Waals surface area contributed by atoms with Crippen molar-refractivity contribution in [3.05, 3.63) is 109 Å². The lowest BCUT2D eigenvalue weighted by molar-refractivity contribution is -0.115. The quantitative estimate of drug-likeness (QED) is 0.251. The molecule has 0 aliphatic rings. The van der Waals surface area contributed by atoms with Crippen molar-refractivity contribution in [2.75, 3.05) is 17.3 Å². The summed E-state index contributed by atoms with van der Waals surface area (Å²) in [6, 6.07) is 26.8. The summed E-state index contributed by atoms with van der Waals surface area (Å²) in [5, 5.41) is 4.19. The Hall–Kier alpha value is -4.38. The minimum Gasteiger partial charge on any atom is -0.361 e. The molecule has 2 heterocycles.